The van der Waals surface area contributed by atoms with Crippen LogP contribution in [0.4, 0.5) is 0 Å². The highest BCUT2D eigenvalue weighted by molar-refractivity contribution is 5.90. The predicted octanol–water partition coefficient (Wildman–Crippen LogP) is 1.86. The van der Waals surface area contributed by atoms with E-state index in [0.717, 1.165) is 0 Å². The monoisotopic (exact) mass is 196 g/mol. The van der Waals surface area contributed by atoms with Crippen LogP contribution in [0.2, 0.25) is 0 Å². The molecule has 0 amide bonds. The van der Waals surface area contributed by atoms with Gasteiger partial charge >= 0.3 is 5.97 Å². The van der Waals surface area contributed by atoms with Gasteiger partial charge in [0.1, 0.15) is 5.78 Å². The van der Waals surface area contributed by atoms with Crippen LogP contribution in [0.15, 0.2) is 11.6 Å². The molecule has 0 spiro atoms. The fraction of sp³-hybridized carbons (Fsp3) is 0.636. The van der Waals surface area contributed by atoms with Gasteiger partial charge in [0.2, 0.25) is 0 Å². The topological polar surface area (TPSA) is 43.4 Å². The first-order chi connectivity index (χ1) is 6.43. The van der Waals surface area contributed by atoms with Gasteiger partial charge in [0.15, 0.2) is 0 Å². The SMILES string of the molecule is CC(=O)C(C)(C)C/C=C1/CCOC1=O. The van der Waals surface area contributed by atoms with Crippen LogP contribution < -0.4 is 0 Å². The van der Waals surface area contributed by atoms with Crippen molar-refractivity contribution in [2.24, 2.45) is 5.41 Å². The molecule has 0 aromatic carbocycles. The van der Waals surface area contributed by atoms with Crippen molar-refractivity contribution in [2.45, 2.75) is 33.6 Å². The second-order valence-corrected chi connectivity index (χ2v) is 4.26. The van der Waals surface area contributed by atoms with E-state index in [9.17, 15) is 9.59 Å². The molecule has 3 heteroatoms. The summed E-state index contributed by atoms with van der Waals surface area (Å²) in [6.07, 6.45) is 3.11. The summed E-state index contributed by atoms with van der Waals surface area (Å²) < 4.78 is 4.80. The summed E-state index contributed by atoms with van der Waals surface area (Å²) in [7, 11) is 0. The summed E-state index contributed by atoms with van der Waals surface area (Å²) in [5.41, 5.74) is 0.329. The van der Waals surface area contributed by atoms with Crippen molar-refractivity contribution >= 4 is 11.8 Å². The number of Topliss-reactive ketones (excluding diaryl/α,β-unsaturated/α-hetero) is 1. The molecular formula is C11H16O3. The lowest BCUT2D eigenvalue weighted by Crippen LogP contribution is -2.20. The molecule has 0 saturated carbocycles. The van der Waals surface area contributed by atoms with Gasteiger partial charge in [-0.05, 0) is 13.3 Å². The molecule has 1 fully saturated rings. The first kappa shape index (κ1) is 11.0. The maximum absolute atomic E-state index is 11.2. The Kier molecular flexibility index (Phi) is 3.09. The van der Waals surface area contributed by atoms with Crippen LogP contribution >= 0.6 is 0 Å². The van der Waals surface area contributed by atoms with Gasteiger partial charge in [0.05, 0.1) is 6.61 Å². The summed E-state index contributed by atoms with van der Waals surface area (Å²) in [5, 5.41) is 0. The summed E-state index contributed by atoms with van der Waals surface area (Å²) >= 11 is 0. The van der Waals surface area contributed by atoms with E-state index in [1.165, 1.54) is 0 Å². The van der Waals surface area contributed by atoms with Crippen molar-refractivity contribution < 1.29 is 14.3 Å². The van der Waals surface area contributed by atoms with Crippen LogP contribution in [0.5, 0.6) is 0 Å². The molecule has 0 radical (unpaired) electrons. The average Bonchev–Trinajstić information content (AvgIpc) is 2.47. The minimum Gasteiger partial charge on any atom is -0.462 e. The smallest absolute Gasteiger partial charge is 0.333 e. The Morgan fingerprint density at radius 2 is 2.21 bits per heavy atom. The molecule has 0 aliphatic carbocycles. The molecule has 1 aliphatic rings. The zero-order chi connectivity index (χ0) is 10.8. The summed E-state index contributed by atoms with van der Waals surface area (Å²) in [5.74, 6) is -0.0925. The number of esters is 1. The zero-order valence-corrected chi connectivity index (χ0v) is 8.92. The molecule has 1 aliphatic heterocycles. The average molecular weight is 196 g/mol. The van der Waals surface area contributed by atoms with Gasteiger partial charge in [0.25, 0.3) is 0 Å². The largest absolute Gasteiger partial charge is 0.462 e. The number of allylic oxidation sites excluding steroid dienone is 1. The molecule has 0 aromatic heterocycles. The van der Waals surface area contributed by atoms with Crippen LogP contribution in [-0.2, 0) is 14.3 Å². The fourth-order valence-electron chi connectivity index (χ4n) is 1.16. The quantitative estimate of drug-likeness (QED) is 0.511. The summed E-state index contributed by atoms with van der Waals surface area (Å²) in [4.78, 5) is 22.3. The Hall–Kier alpha value is -1.12. The van der Waals surface area contributed by atoms with Crippen molar-refractivity contribution in [3.05, 3.63) is 11.6 Å². The van der Waals surface area contributed by atoms with Gasteiger partial charge in [0, 0.05) is 17.4 Å². The Labute approximate surface area is 84.1 Å². The molecule has 0 bridgehead atoms. The molecule has 0 unspecified atom stereocenters. The molecule has 1 saturated heterocycles. The predicted molar refractivity (Wildman–Crippen MR) is 52.7 cm³/mol. The number of hydrogen-bond donors (Lipinski definition) is 0. The molecule has 0 aromatic rings. The summed E-state index contributed by atoms with van der Waals surface area (Å²) in [6.45, 7) is 5.82. The van der Waals surface area contributed by atoms with E-state index in [0.29, 0.717) is 25.0 Å². The lowest BCUT2D eigenvalue weighted by Gasteiger charge is -2.18. The van der Waals surface area contributed by atoms with Crippen molar-refractivity contribution in [2.75, 3.05) is 6.61 Å². The van der Waals surface area contributed by atoms with E-state index in [1.807, 2.05) is 19.9 Å². The molecule has 14 heavy (non-hydrogen) atoms. The van der Waals surface area contributed by atoms with E-state index in [-0.39, 0.29) is 17.2 Å². The van der Waals surface area contributed by atoms with Gasteiger partial charge < -0.3 is 4.74 Å². The van der Waals surface area contributed by atoms with Crippen molar-refractivity contribution in [3.8, 4) is 0 Å². The Bertz CT molecular complexity index is 287. The second-order valence-electron chi connectivity index (χ2n) is 4.26. The normalized spacial score (nSPS) is 19.9. The van der Waals surface area contributed by atoms with Gasteiger partial charge in [-0.2, -0.15) is 0 Å². The summed E-state index contributed by atoms with van der Waals surface area (Å²) in [6, 6.07) is 0. The first-order valence-corrected chi connectivity index (χ1v) is 4.81. The number of ether oxygens (including phenoxy) is 1. The number of hydrogen-bond acceptors (Lipinski definition) is 3. The van der Waals surface area contributed by atoms with Crippen LogP contribution in [0.25, 0.3) is 0 Å². The molecule has 1 heterocycles. The minimum atomic E-state index is -0.379. The van der Waals surface area contributed by atoms with E-state index in [4.69, 9.17) is 4.74 Å². The van der Waals surface area contributed by atoms with E-state index >= 15 is 0 Å². The lowest BCUT2D eigenvalue weighted by molar-refractivity contribution is -0.135. The molecule has 0 N–H and O–H groups in total. The van der Waals surface area contributed by atoms with E-state index in [2.05, 4.69) is 0 Å². The maximum atomic E-state index is 11.2. The number of ketones is 1. The van der Waals surface area contributed by atoms with Gasteiger partial charge in [-0.15, -0.1) is 0 Å². The van der Waals surface area contributed by atoms with Gasteiger partial charge in [-0.3, -0.25) is 4.79 Å². The lowest BCUT2D eigenvalue weighted by atomic mass is 9.84. The van der Waals surface area contributed by atoms with Crippen molar-refractivity contribution in [3.63, 3.8) is 0 Å². The van der Waals surface area contributed by atoms with Gasteiger partial charge in [-0.1, -0.05) is 19.9 Å². The van der Waals surface area contributed by atoms with Crippen LogP contribution in [0.3, 0.4) is 0 Å². The number of cyclic esters (lactones) is 1. The molecule has 78 valence electrons. The molecule has 1 rings (SSSR count). The third-order valence-corrected chi connectivity index (χ3v) is 2.68. The minimum absolute atomic E-state index is 0.140. The number of carbonyl (C=O) groups is 2. The van der Waals surface area contributed by atoms with Crippen LogP contribution in [0.1, 0.15) is 33.6 Å². The van der Waals surface area contributed by atoms with Gasteiger partial charge in [-0.25, -0.2) is 4.79 Å². The highest BCUT2D eigenvalue weighted by Gasteiger charge is 2.24. The molecular weight excluding hydrogens is 180 g/mol. The van der Waals surface area contributed by atoms with Crippen molar-refractivity contribution in [1.29, 1.82) is 0 Å². The third-order valence-electron chi connectivity index (χ3n) is 2.68. The maximum Gasteiger partial charge on any atom is 0.333 e. The number of carbonyl (C=O) groups excluding carboxylic acids is 2. The number of rotatable bonds is 3. The Morgan fingerprint density at radius 1 is 1.57 bits per heavy atom. The third kappa shape index (κ3) is 2.44. The highest BCUT2D eigenvalue weighted by atomic mass is 16.5. The molecule has 0 atom stereocenters. The van der Waals surface area contributed by atoms with E-state index < -0.39 is 0 Å². The zero-order valence-electron chi connectivity index (χ0n) is 8.92. The van der Waals surface area contributed by atoms with Crippen LogP contribution in [-0.4, -0.2) is 18.4 Å². The van der Waals surface area contributed by atoms with Crippen molar-refractivity contribution in [1.82, 2.24) is 0 Å². The highest BCUT2D eigenvalue weighted by Crippen LogP contribution is 2.24. The van der Waals surface area contributed by atoms with E-state index in [1.54, 1.807) is 6.92 Å². The molecule has 3 nitrogen and oxygen atoms in total. The fourth-order valence-corrected chi connectivity index (χ4v) is 1.16. The second kappa shape index (κ2) is 3.95. The Balaban J connectivity index is 2.62. The van der Waals surface area contributed by atoms with Crippen LogP contribution in [0, 0.1) is 5.41 Å². The Morgan fingerprint density at radius 3 is 2.64 bits per heavy atom. The first-order valence-electron chi connectivity index (χ1n) is 4.81. The standard InChI is InChI=1S/C11H16O3/c1-8(12)11(2,3)6-4-9-5-7-14-10(9)13/h4H,5-7H2,1-3H3/b9-4-.